The van der Waals surface area contributed by atoms with Crippen molar-refractivity contribution >= 4 is 61.7 Å². The van der Waals surface area contributed by atoms with Crippen molar-refractivity contribution < 1.29 is 0 Å². The average molecular weight is 1140 g/mol. The van der Waals surface area contributed by atoms with E-state index in [0.717, 1.165) is 49.8 Å². The van der Waals surface area contributed by atoms with Crippen molar-refractivity contribution in [2.24, 2.45) is 11.8 Å². The quantitative estimate of drug-likeness (QED) is 0.202. The van der Waals surface area contributed by atoms with Gasteiger partial charge in [0.15, 0.2) is 0 Å². The molecule has 0 saturated carbocycles. The number of hydrogen-bond donors (Lipinski definition) is 0. The molecule has 70 heavy (non-hydrogen) atoms. The van der Waals surface area contributed by atoms with Crippen LogP contribution in [-0.4, -0.2) is 61.7 Å². The summed E-state index contributed by atoms with van der Waals surface area (Å²) in [6.45, 7) is 54.3. The van der Waals surface area contributed by atoms with Crippen LogP contribution in [0.4, 0.5) is 0 Å². The summed E-state index contributed by atoms with van der Waals surface area (Å²) in [4.78, 5) is 0. The van der Waals surface area contributed by atoms with Crippen LogP contribution in [-0.2, 0) is 0 Å². The Balaban J connectivity index is 0.000000410. The topological polar surface area (TPSA) is 0 Å². The van der Waals surface area contributed by atoms with Gasteiger partial charge in [0.1, 0.15) is 0 Å². The van der Waals surface area contributed by atoms with E-state index in [4.69, 9.17) is 0 Å². The molecule has 0 aromatic heterocycles. The monoisotopic (exact) mass is 1140 g/mol. The van der Waals surface area contributed by atoms with Crippen LogP contribution in [0.15, 0.2) is 0 Å². The summed E-state index contributed by atoms with van der Waals surface area (Å²) in [6.07, 6.45) is 25.8. The van der Waals surface area contributed by atoms with Gasteiger partial charge in [0, 0.05) is 16.1 Å². The fraction of sp³-hybridized carbons (Fsp3) is 1.00. The van der Waals surface area contributed by atoms with Crippen molar-refractivity contribution in [1.29, 1.82) is 0 Å². The molecule has 7 fully saturated rings. The molecule has 0 N–H and O–H groups in total. The molecule has 0 spiro atoms. The first-order valence-electron chi connectivity index (χ1n) is 32.5. The zero-order chi connectivity index (χ0) is 53.8. The van der Waals surface area contributed by atoms with E-state index in [1.807, 2.05) is 0 Å². The molecule has 7 heteroatoms. The first-order valence-corrected chi connectivity index (χ1v) is 57.2. The van der Waals surface area contributed by atoms with Gasteiger partial charge < -0.3 is 0 Å². The molecule has 0 amide bonds. The molecule has 0 aromatic rings. The third kappa shape index (κ3) is 21.6. The summed E-state index contributed by atoms with van der Waals surface area (Å²) in [5, 5.41) is 1.63. The van der Waals surface area contributed by atoms with Gasteiger partial charge in [0.2, 0.25) is 0 Å². The van der Waals surface area contributed by atoms with E-state index in [-0.39, 0.29) is 0 Å². The van der Waals surface area contributed by atoms with E-state index in [1.54, 1.807) is 85.0 Å². The summed E-state index contributed by atoms with van der Waals surface area (Å²) in [6, 6.07) is 17.4. The Morgan fingerprint density at radius 2 is 0.886 bits per heavy atom. The van der Waals surface area contributed by atoms with Gasteiger partial charge in [-0.1, -0.05) is 323 Å². The van der Waals surface area contributed by atoms with Crippen LogP contribution < -0.4 is 0 Å². The third-order valence-corrected chi connectivity index (χ3v) is 67.1. The van der Waals surface area contributed by atoms with Crippen molar-refractivity contribution in [1.82, 2.24) is 0 Å². The van der Waals surface area contributed by atoms with E-state index in [0.29, 0.717) is 0 Å². The van der Waals surface area contributed by atoms with Gasteiger partial charge >= 0.3 is 54.5 Å². The van der Waals surface area contributed by atoms with Crippen molar-refractivity contribution in [3.63, 3.8) is 0 Å². The van der Waals surface area contributed by atoms with Gasteiger partial charge in [-0.3, -0.25) is 0 Å². The van der Waals surface area contributed by atoms with Gasteiger partial charge in [0.25, 0.3) is 0 Å². The second kappa shape index (κ2) is 32.7. The molecular weight excluding hydrogens is 998 g/mol. The Morgan fingerprint density at radius 1 is 0.429 bits per heavy atom. The van der Waals surface area contributed by atoms with E-state index in [9.17, 15) is 0 Å². The van der Waals surface area contributed by atoms with Crippen LogP contribution in [0.2, 0.25) is 166 Å². The van der Waals surface area contributed by atoms with Crippen molar-refractivity contribution in [2.45, 2.75) is 386 Å². The maximum absolute atomic E-state index is 2.59. The van der Waals surface area contributed by atoms with Gasteiger partial charge in [-0.2, -0.15) is 0 Å². The van der Waals surface area contributed by atoms with E-state index < -0.39 is 61.7 Å². The van der Waals surface area contributed by atoms with Crippen LogP contribution in [0.25, 0.3) is 0 Å². The molecular formula is C63H140GeSi6. The Bertz CT molecular complexity index is 1330. The van der Waals surface area contributed by atoms with Gasteiger partial charge in [-0.05, 0) is 34.0 Å². The molecule has 0 aliphatic carbocycles. The molecule has 7 heterocycles. The molecule has 7 aliphatic rings. The molecule has 0 aromatic carbocycles. The maximum atomic E-state index is 2.59. The second-order valence-electron chi connectivity index (χ2n) is 30.4. The van der Waals surface area contributed by atoms with Crippen LogP contribution in [0.5, 0.6) is 0 Å². The van der Waals surface area contributed by atoms with Crippen LogP contribution >= 0.6 is 0 Å². The fourth-order valence-electron chi connectivity index (χ4n) is 16.0. The van der Waals surface area contributed by atoms with E-state index in [1.165, 1.54) is 101 Å². The van der Waals surface area contributed by atoms with Crippen LogP contribution in [0, 0.1) is 11.8 Å². The zero-order valence-corrected chi connectivity index (χ0v) is 61.9. The van der Waals surface area contributed by atoms with Crippen LogP contribution in [0.3, 0.4) is 0 Å². The van der Waals surface area contributed by atoms with E-state index >= 15 is 0 Å². The molecule has 4 unspecified atom stereocenters. The van der Waals surface area contributed by atoms with Crippen molar-refractivity contribution in [3.8, 4) is 0 Å². The summed E-state index contributed by atoms with van der Waals surface area (Å²) in [5.74, 6) is 7.25. The number of rotatable bonds is 9. The third-order valence-electron chi connectivity index (χ3n) is 24.2. The number of hydrogen-bond acceptors (Lipinski definition) is 0. The molecule has 7 rings (SSSR count). The molecule has 0 nitrogen and oxygen atoms in total. The van der Waals surface area contributed by atoms with Crippen molar-refractivity contribution in [2.75, 3.05) is 0 Å². The molecule has 0 radical (unpaired) electrons. The zero-order valence-electron chi connectivity index (χ0n) is 53.8. The predicted molar refractivity (Wildman–Crippen MR) is 351 cm³/mol. The molecule has 7 aliphatic heterocycles. The summed E-state index contributed by atoms with van der Waals surface area (Å²) in [5.41, 5.74) is 7.52. The minimum atomic E-state index is -1.10. The first kappa shape index (κ1) is 69.9. The van der Waals surface area contributed by atoms with E-state index in [2.05, 4.69) is 162 Å². The Morgan fingerprint density at radius 3 is 1.16 bits per heavy atom. The van der Waals surface area contributed by atoms with Crippen molar-refractivity contribution in [3.05, 3.63) is 0 Å². The molecule has 7 atom stereocenters. The first-order chi connectivity index (χ1) is 32.5. The molecule has 0 bridgehead atoms. The van der Waals surface area contributed by atoms with Gasteiger partial charge in [-0.25, -0.2) is 0 Å². The fourth-order valence-corrected chi connectivity index (χ4v) is 46.8. The van der Waals surface area contributed by atoms with Gasteiger partial charge in [-0.15, -0.1) is 0 Å². The average Bonchev–Trinajstić information content (AvgIpc) is 4.15. The normalized spacial score (nSPS) is 32.7. The SMILES string of the molecule is CC(C)[Si]1(C)CCC[C@H]1C.CC1CC[Si](C)(C)CC1.CCC1CCC[Si]1(C(C)C)C(C)C.CCC1CCC[Si]1(CC)CC.CCC1CC[Si](C)(C)CC1.CC[Si]1(C)CCC[C@H]1C.C[C@@H]1CC[CH2][Ge]1([CH3])[CH3]. The Hall–Kier alpha value is 1.84. The van der Waals surface area contributed by atoms with Gasteiger partial charge in [0.05, 0.1) is 32.3 Å². The summed E-state index contributed by atoms with van der Waals surface area (Å²) < 4.78 is 1.15. The Labute approximate surface area is 456 Å². The standard InChI is InChI=1S/C12H26Si.C10H22Si.2C9H20Si.2C8H18Si.C7H16Ge/c1-6-12-8-7-9-13(12,10(2)3)11(4)5;1-4-10-8-7-9-11(10,5-2)6-3;1-8(2)10(4)7-5-6-9(10)3;1-4-9-5-7-10(2,3)8-6-9;1-8-4-6-9(2,3)7-5-8;1-4-9(3)7-5-6-8(9)2;1-7-5-4-6-8(7,2)3/h10-12H,6-9H2,1-5H3;10H,4-9H2,1-3H3;8-9H,5-7H2,1-4H3;9H,4-8H2,1-3H3;2*8H,4-7H2,1-3H3;7H,4-6H2,1-3H3/t;;9-,10?;;;8-,9?;7-/m..1..11/s1. The van der Waals surface area contributed by atoms with Crippen LogP contribution in [0.1, 0.15) is 220 Å². The second-order valence-corrected chi connectivity index (χ2v) is 75.0. The minimum absolute atomic E-state index is 0.632. The predicted octanol–water partition coefficient (Wildman–Crippen LogP) is 25.3. The Kier molecular flexibility index (Phi) is 32.6. The summed E-state index contributed by atoms with van der Waals surface area (Å²) in [7, 11) is -4.34. The molecule has 7 saturated heterocycles. The summed E-state index contributed by atoms with van der Waals surface area (Å²) >= 11 is -1.10. The molecule has 420 valence electrons.